The van der Waals surface area contributed by atoms with Crippen LogP contribution in [0.1, 0.15) is 24.1 Å². The van der Waals surface area contributed by atoms with Crippen LogP contribution in [0.15, 0.2) is 109 Å². The summed E-state index contributed by atoms with van der Waals surface area (Å²) < 4.78 is 11.0. The zero-order valence-electron chi connectivity index (χ0n) is 21.7. The van der Waals surface area contributed by atoms with Gasteiger partial charge in [0, 0.05) is 0 Å². The third-order valence-corrected chi connectivity index (χ3v) is 7.40. The lowest BCUT2D eigenvalue weighted by molar-refractivity contribution is -0.126. The van der Waals surface area contributed by atoms with E-state index in [-0.39, 0.29) is 5.91 Å². The molecule has 2 heterocycles. The Morgan fingerprint density at radius 1 is 0.769 bits per heavy atom. The molecule has 0 spiro atoms. The molecular weight excluding hydrogens is 492 g/mol. The molecule has 2 aliphatic rings. The lowest BCUT2D eigenvalue weighted by Gasteiger charge is -2.35. The Hall–Kier alpha value is -4.62. The fraction of sp³-hybridized carbons (Fsp3) is 0.188. The van der Waals surface area contributed by atoms with Crippen LogP contribution < -0.4 is 19.4 Å². The summed E-state index contributed by atoms with van der Waals surface area (Å²) in [6, 6.07) is 32.9. The quantitative estimate of drug-likeness (QED) is 0.301. The lowest BCUT2D eigenvalue weighted by atomic mass is 9.69. The highest BCUT2D eigenvalue weighted by Gasteiger charge is 2.72. The molecule has 0 unspecified atom stereocenters. The van der Waals surface area contributed by atoms with Crippen LogP contribution in [-0.2, 0) is 19.8 Å². The van der Waals surface area contributed by atoms with Gasteiger partial charge in [0.25, 0.3) is 5.91 Å². The van der Waals surface area contributed by atoms with Crippen molar-refractivity contribution >= 4 is 23.2 Å². The number of para-hydroxylation sites is 1. The maximum atomic E-state index is 14.8. The average molecular weight is 521 g/mol. The SMILES string of the molecule is CCOc1ccc(N2C(=O)[C@H]3ON(c4ccccc4)[C@@H](c4ccc(OC)cc4)[C@@]3(c3ccccc3)C2=O)cc1. The molecule has 4 aromatic carbocycles. The first kappa shape index (κ1) is 24.7. The van der Waals surface area contributed by atoms with Crippen LogP contribution in [0.5, 0.6) is 11.5 Å². The van der Waals surface area contributed by atoms with Crippen LogP contribution >= 0.6 is 0 Å². The van der Waals surface area contributed by atoms with Crippen molar-refractivity contribution in [2.45, 2.75) is 24.5 Å². The van der Waals surface area contributed by atoms with E-state index in [1.54, 1.807) is 36.4 Å². The van der Waals surface area contributed by atoms with Gasteiger partial charge in [-0.25, -0.2) is 9.96 Å². The molecule has 39 heavy (non-hydrogen) atoms. The van der Waals surface area contributed by atoms with E-state index in [2.05, 4.69) is 0 Å². The van der Waals surface area contributed by atoms with Gasteiger partial charge in [-0.1, -0.05) is 60.7 Å². The number of carbonyl (C=O) groups excluding carboxylic acids is 2. The number of nitrogens with zero attached hydrogens (tertiary/aromatic N) is 2. The number of methoxy groups -OCH3 is 1. The van der Waals surface area contributed by atoms with Crippen LogP contribution in [0.3, 0.4) is 0 Å². The molecule has 4 aromatic rings. The molecule has 2 fully saturated rings. The molecule has 2 saturated heterocycles. The minimum absolute atomic E-state index is 0.341. The largest absolute Gasteiger partial charge is 0.497 e. The fourth-order valence-corrected chi connectivity index (χ4v) is 5.68. The number of rotatable bonds is 7. The molecule has 0 saturated carbocycles. The van der Waals surface area contributed by atoms with E-state index in [1.165, 1.54) is 4.90 Å². The van der Waals surface area contributed by atoms with Gasteiger partial charge in [0.05, 0.1) is 25.1 Å². The number of hydroxylamine groups is 1. The normalized spacial score (nSPS) is 22.2. The first-order valence-corrected chi connectivity index (χ1v) is 12.9. The molecule has 2 aliphatic heterocycles. The predicted molar refractivity (Wildman–Crippen MR) is 148 cm³/mol. The van der Waals surface area contributed by atoms with Gasteiger partial charge in [-0.05, 0) is 66.6 Å². The second kappa shape index (κ2) is 9.93. The van der Waals surface area contributed by atoms with E-state index in [4.69, 9.17) is 14.3 Å². The van der Waals surface area contributed by atoms with E-state index in [9.17, 15) is 9.59 Å². The Kier molecular flexibility index (Phi) is 6.29. The Morgan fingerprint density at radius 3 is 2.00 bits per heavy atom. The summed E-state index contributed by atoms with van der Waals surface area (Å²) >= 11 is 0. The Labute approximate surface area is 227 Å². The summed E-state index contributed by atoms with van der Waals surface area (Å²) in [6.07, 6.45) is -1.08. The van der Waals surface area contributed by atoms with Gasteiger partial charge >= 0.3 is 0 Å². The standard InChI is InChI=1S/C32H28N2O5/c1-3-38-27-20-16-24(17-21-27)33-30(35)29-32(31(33)36,23-10-6-4-7-11-23)28(22-14-18-26(37-2)19-15-22)34(39-29)25-12-8-5-9-13-25/h4-21,28-29H,3H2,1-2H3/t28-,29+,32+/m0/s1. The van der Waals surface area contributed by atoms with Crippen molar-refractivity contribution in [3.05, 3.63) is 120 Å². The second-order valence-electron chi connectivity index (χ2n) is 9.46. The summed E-state index contributed by atoms with van der Waals surface area (Å²) in [4.78, 5) is 36.7. The summed E-state index contributed by atoms with van der Waals surface area (Å²) in [5.74, 6) is 0.608. The molecule has 0 radical (unpaired) electrons. The van der Waals surface area contributed by atoms with Crippen molar-refractivity contribution < 1.29 is 23.9 Å². The average Bonchev–Trinajstić information content (AvgIpc) is 3.46. The predicted octanol–water partition coefficient (Wildman–Crippen LogP) is 5.47. The highest BCUT2D eigenvalue weighted by atomic mass is 16.7. The first-order valence-electron chi connectivity index (χ1n) is 12.9. The van der Waals surface area contributed by atoms with Gasteiger partial charge in [0.1, 0.15) is 23.0 Å². The minimum Gasteiger partial charge on any atom is -0.497 e. The molecule has 0 N–H and O–H groups in total. The number of imide groups is 1. The molecule has 7 nitrogen and oxygen atoms in total. The fourth-order valence-electron chi connectivity index (χ4n) is 5.68. The van der Waals surface area contributed by atoms with Crippen molar-refractivity contribution in [2.24, 2.45) is 0 Å². The van der Waals surface area contributed by atoms with Crippen molar-refractivity contribution in [1.82, 2.24) is 0 Å². The summed E-state index contributed by atoms with van der Waals surface area (Å²) in [5.41, 5.74) is 1.40. The van der Waals surface area contributed by atoms with Crippen LogP contribution in [0.25, 0.3) is 0 Å². The van der Waals surface area contributed by atoms with Gasteiger partial charge in [0.15, 0.2) is 6.10 Å². The maximum Gasteiger partial charge on any atom is 0.267 e. The van der Waals surface area contributed by atoms with E-state index >= 15 is 0 Å². The number of amides is 2. The zero-order valence-corrected chi connectivity index (χ0v) is 21.7. The molecule has 0 aliphatic carbocycles. The number of carbonyl (C=O) groups is 2. The monoisotopic (exact) mass is 520 g/mol. The number of benzene rings is 4. The molecule has 3 atom stereocenters. The molecule has 0 aromatic heterocycles. The molecule has 6 rings (SSSR count). The van der Waals surface area contributed by atoms with Crippen molar-refractivity contribution in [1.29, 1.82) is 0 Å². The molecular formula is C32H28N2O5. The Morgan fingerprint density at radius 2 is 1.38 bits per heavy atom. The maximum absolute atomic E-state index is 14.8. The summed E-state index contributed by atoms with van der Waals surface area (Å²) in [7, 11) is 1.61. The van der Waals surface area contributed by atoms with Gasteiger partial charge in [-0.2, -0.15) is 0 Å². The number of hydrogen-bond donors (Lipinski definition) is 0. The Bertz CT molecular complexity index is 1480. The number of anilines is 2. The van der Waals surface area contributed by atoms with E-state index < -0.39 is 23.5 Å². The summed E-state index contributed by atoms with van der Waals surface area (Å²) in [5, 5.41) is 1.71. The van der Waals surface area contributed by atoms with E-state index in [0.717, 1.165) is 11.3 Å². The van der Waals surface area contributed by atoms with Crippen LogP contribution in [0.4, 0.5) is 11.4 Å². The van der Waals surface area contributed by atoms with Crippen LogP contribution in [0.2, 0.25) is 0 Å². The highest BCUT2D eigenvalue weighted by Crippen LogP contribution is 2.57. The number of hydrogen-bond acceptors (Lipinski definition) is 6. The zero-order chi connectivity index (χ0) is 27.0. The molecule has 2 amide bonds. The van der Waals surface area contributed by atoms with Gasteiger partial charge < -0.3 is 9.47 Å². The van der Waals surface area contributed by atoms with Gasteiger partial charge in [0.2, 0.25) is 5.91 Å². The smallest absolute Gasteiger partial charge is 0.267 e. The first-order chi connectivity index (χ1) is 19.1. The molecule has 7 heteroatoms. The van der Waals surface area contributed by atoms with Crippen molar-refractivity contribution in [3.8, 4) is 11.5 Å². The topological polar surface area (TPSA) is 68.3 Å². The lowest BCUT2D eigenvalue weighted by Crippen LogP contribution is -2.46. The highest BCUT2D eigenvalue weighted by molar-refractivity contribution is 6.28. The van der Waals surface area contributed by atoms with Crippen molar-refractivity contribution in [2.75, 3.05) is 23.7 Å². The van der Waals surface area contributed by atoms with Crippen molar-refractivity contribution in [3.63, 3.8) is 0 Å². The number of fused-ring (bicyclic) bond motifs is 1. The number of ether oxygens (including phenoxy) is 2. The third kappa shape index (κ3) is 3.85. The summed E-state index contributed by atoms with van der Waals surface area (Å²) in [6.45, 7) is 2.42. The Balaban J connectivity index is 1.56. The van der Waals surface area contributed by atoms with Crippen LogP contribution in [-0.4, -0.2) is 31.6 Å². The third-order valence-electron chi connectivity index (χ3n) is 7.40. The minimum atomic E-state index is -1.35. The molecule has 196 valence electrons. The van der Waals surface area contributed by atoms with Gasteiger partial charge in [-0.3, -0.25) is 14.4 Å². The van der Waals surface area contributed by atoms with E-state index in [1.807, 2.05) is 91.9 Å². The second-order valence-corrected chi connectivity index (χ2v) is 9.46. The van der Waals surface area contributed by atoms with E-state index in [0.29, 0.717) is 29.4 Å². The van der Waals surface area contributed by atoms with Crippen LogP contribution in [0, 0.1) is 0 Å². The molecule has 0 bridgehead atoms. The van der Waals surface area contributed by atoms with Gasteiger partial charge in [-0.15, -0.1) is 0 Å².